The number of halogens is 1. The second-order valence-corrected chi connectivity index (χ2v) is 7.39. The first kappa shape index (κ1) is 15.4. The largest absolute Gasteiger partial charge is 0.467 e. The fourth-order valence-electron chi connectivity index (χ4n) is 2.34. The molecular weight excluding hydrogens is 364 g/mol. The predicted molar refractivity (Wildman–Crippen MR) is 98.2 cm³/mol. The predicted octanol–water partition coefficient (Wildman–Crippen LogP) is 5.45. The Labute approximate surface area is 150 Å². The Hall–Kier alpha value is -2.15. The van der Waals surface area contributed by atoms with Gasteiger partial charge in [0.1, 0.15) is 11.3 Å². The van der Waals surface area contributed by atoms with Gasteiger partial charge in [0.15, 0.2) is 5.13 Å². The number of hydrogen-bond donors (Lipinski definition) is 0. The molecule has 3 aromatic heterocycles. The molecule has 0 aliphatic heterocycles. The van der Waals surface area contributed by atoms with E-state index in [1.165, 1.54) is 22.7 Å². The fraction of sp³-hybridized carbons (Fsp3) is 0.0588. The Kier molecular flexibility index (Phi) is 4.10. The Bertz CT molecular complexity index is 978. The van der Waals surface area contributed by atoms with E-state index in [2.05, 4.69) is 4.98 Å². The number of nitrogens with zero attached hydrogens (tertiary/aromatic N) is 2. The van der Waals surface area contributed by atoms with Gasteiger partial charge >= 0.3 is 0 Å². The highest BCUT2D eigenvalue weighted by Crippen LogP contribution is 2.34. The van der Waals surface area contributed by atoms with Crippen molar-refractivity contribution in [3.8, 4) is 0 Å². The molecule has 0 saturated heterocycles. The Morgan fingerprint density at radius 1 is 1.21 bits per heavy atom. The third kappa shape index (κ3) is 2.84. The second-order valence-electron chi connectivity index (χ2n) is 5.03. The van der Waals surface area contributed by atoms with Crippen molar-refractivity contribution in [2.75, 3.05) is 4.90 Å². The molecule has 0 bridgehead atoms. The molecule has 120 valence electrons. The van der Waals surface area contributed by atoms with Crippen molar-refractivity contribution in [1.82, 2.24) is 4.98 Å². The van der Waals surface area contributed by atoms with Gasteiger partial charge in [0.2, 0.25) is 0 Å². The number of thiophene rings is 1. The molecule has 0 unspecified atom stereocenters. The summed E-state index contributed by atoms with van der Waals surface area (Å²) < 4.78 is 6.36. The number of amides is 1. The summed E-state index contributed by atoms with van der Waals surface area (Å²) in [6.07, 6.45) is 1.60. The SMILES string of the molecule is O=C(c1cccs1)N(Cc1ccco1)c1nc2c(Cl)cccc2s1. The Balaban J connectivity index is 1.78. The maximum absolute atomic E-state index is 12.9. The third-order valence-electron chi connectivity index (χ3n) is 3.46. The molecule has 0 aliphatic carbocycles. The molecule has 7 heteroatoms. The van der Waals surface area contributed by atoms with Gasteiger partial charge in [-0.25, -0.2) is 4.98 Å². The molecule has 24 heavy (non-hydrogen) atoms. The highest BCUT2D eigenvalue weighted by molar-refractivity contribution is 7.22. The minimum Gasteiger partial charge on any atom is -0.467 e. The lowest BCUT2D eigenvalue weighted by Gasteiger charge is -2.17. The molecule has 1 amide bonds. The minimum atomic E-state index is -0.100. The molecule has 3 heterocycles. The van der Waals surface area contributed by atoms with Gasteiger partial charge in [-0.15, -0.1) is 11.3 Å². The number of para-hydroxylation sites is 1. The summed E-state index contributed by atoms with van der Waals surface area (Å²) in [5.74, 6) is 0.599. The van der Waals surface area contributed by atoms with Gasteiger partial charge < -0.3 is 4.42 Å². The molecule has 0 N–H and O–H groups in total. The lowest BCUT2D eigenvalue weighted by molar-refractivity contribution is 0.0987. The third-order valence-corrected chi connectivity index (χ3v) is 5.67. The van der Waals surface area contributed by atoms with Crippen LogP contribution in [0.1, 0.15) is 15.4 Å². The molecule has 0 spiro atoms. The van der Waals surface area contributed by atoms with E-state index in [4.69, 9.17) is 16.0 Å². The van der Waals surface area contributed by atoms with Crippen molar-refractivity contribution in [2.45, 2.75) is 6.54 Å². The van der Waals surface area contributed by atoms with Crippen molar-refractivity contribution >= 4 is 55.5 Å². The molecule has 0 fully saturated rings. The van der Waals surface area contributed by atoms with Crippen LogP contribution in [-0.4, -0.2) is 10.9 Å². The quantitative estimate of drug-likeness (QED) is 0.477. The summed E-state index contributed by atoms with van der Waals surface area (Å²) >= 11 is 9.07. The van der Waals surface area contributed by atoms with Crippen molar-refractivity contribution in [2.24, 2.45) is 0 Å². The zero-order valence-corrected chi connectivity index (χ0v) is 14.7. The second kappa shape index (κ2) is 6.39. The standard InChI is InChI=1S/C17H11ClN2O2S2/c18-12-5-1-6-13-15(12)19-17(24-13)20(10-11-4-2-8-22-11)16(21)14-7-3-9-23-14/h1-9H,10H2. The number of carbonyl (C=O) groups is 1. The molecular formula is C17H11ClN2O2S2. The monoisotopic (exact) mass is 374 g/mol. The number of aromatic nitrogens is 1. The molecule has 1 aromatic carbocycles. The maximum atomic E-state index is 12.9. The van der Waals surface area contributed by atoms with Crippen LogP contribution in [0.4, 0.5) is 5.13 Å². The van der Waals surface area contributed by atoms with Crippen LogP contribution in [0, 0.1) is 0 Å². The van der Waals surface area contributed by atoms with Gasteiger partial charge in [-0.3, -0.25) is 9.69 Å². The molecule has 4 rings (SSSR count). The van der Waals surface area contributed by atoms with Gasteiger partial charge in [0.25, 0.3) is 5.91 Å². The van der Waals surface area contributed by atoms with Crippen molar-refractivity contribution in [3.63, 3.8) is 0 Å². The summed E-state index contributed by atoms with van der Waals surface area (Å²) in [5.41, 5.74) is 0.711. The van der Waals surface area contributed by atoms with Crippen LogP contribution in [0.5, 0.6) is 0 Å². The molecule has 0 atom stereocenters. The lowest BCUT2D eigenvalue weighted by Crippen LogP contribution is -2.29. The molecule has 0 radical (unpaired) electrons. The summed E-state index contributed by atoms with van der Waals surface area (Å²) in [5, 5.41) is 3.07. The number of rotatable bonds is 4. The number of carbonyl (C=O) groups excluding carboxylic acids is 1. The highest BCUT2D eigenvalue weighted by Gasteiger charge is 2.23. The van der Waals surface area contributed by atoms with Crippen molar-refractivity contribution < 1.29 is 9.21 Å². The number of fused-ring (bicyclic) bond motifs is 1. The van der Waals surface area contributed by atoms with Gasteiger partial charge in [-0.2, -0.15) is 0 Å². The Morgan fingerprint density at radius 2 is 2.12 bits per heavy atom. The van der Waals surface area contributed by atoms with E-state index >= 15 is 0 Å². The number of benzene rings is 1. The molecule has 4 nitrogen and oxygen atoms in total. The summed E-state index contributed by atoms with van der Waals surface area (Å²) in [6, 6.07) is 12.9. The van der Waals surface area contributed by atoms with E-state index in [-0.39, 0.29) is 5.91 Å². The average Bonchev–Trinajstić information content (AvgIpc) is 3.32. The molecule has 0 saturated carbocycles. The van der Waals surface area contributed by atoms with Gasteiger partial charge in [0, 0.05) is 0 Å². The summed E-state index contributed by atoms with van der Waals surface area (Å²) in [4.78, 5) is 19.8. The van der Waals surface area contributed by atoms with E-state index in [0.717, 1.165) is 4.70 Å². The number of furan rings is 1. The first-order valence-corrected chi connectivity index (χ1v) is 9.22. The first-order valence-electron chi connectivity index (χ1n) is 7.15. The topological polar surface area (TPSA) is 46.3 Å². The highest BCUT2D eigenvalue weighted by atomic mass is 35.5. The van der Waals surface area contributed by atoms with E-state index in [0.29, 0.717) is 32.9 Å². The zero-order chi connectivity index (χ0) is 16.5. The van der Waals surface area contributed by atoms with Gasteiger partial charge in [-0.1, -0.05) is 35.1 Å². The smallest absolute Gasteiger partial charge is 0.270 e. The van der Waals surface area contributed by atoms with Crippen LogP contribution in [0.2, 0.25) is 5.02 Å². The number of thiazole rings is 1. The van der Waals surface area contributed by atoms with E-state index in [9.17, 15) is 4.79 Å². The molecule has 0 aliphatic rings. The van der Waals surface area contributed by atoms with Gasteiger partial charge in [-0.05, 0) is 35.7 Å². The minimum absolute atomic E-state index is 0.100. The maximum Gasteiger partial charge on any atom is 0.270 e. The lowest BCUT2D eigenvalue weighted by atomic mass is 10.3. The average molecular weight is 375 g/mol. The fourth-order valence-corrected chi connectivity index (χ4v) is 4.27. The van der Waals surface area contributed by atoms with Crippen LogP contribution in [0.25, 0.3) is 10.2 Å². The zero-order valence-electron chi connectivity index (χ0n) is 12.3. The summed E-state index contributed by atoms with van der Waals surface area (Å²) in [7, 11) is 0. The number of hydrogen-bond acceptors (Lipinski definition) is 5. The Morgan fingerprint density at radius 3 is 2.83 bits per heavy atom. The van der Waals surface area contributed by atoms with Gasteiger partial charge in [0.05, 0.1) is 27.4 Å². The summed E-state index contributed by atoms with van der Waals surface area (Å²) in [6.45, 7) is 0.321. The number of anilines is 1. The van der Waals surface area contributed by atoms with Crippen molar-refractivity contribution in [1.29, 1.82) is 0 Å². The normalized spacial score (nSPS) is 11.0. The van der Waals surface area contributed by atoms with Crippen LogP contribution >= 0.6 is 34.3 Å². The van der Waals surface area contributed by atoms with E-state index < -0.39 is 0 Å². The van der Waals surface area contributed by atoms with E-state index in [1.54, 1.807) is 23.3 Å². The van der Waals surface area contributed by atoms with Crippen LogP contribution in [-0.2, 0) is 6.54 Å². The van der Waals surface area contributed by atoms with E-state index in [1.807, 2.05) is 35.7 Å². The first-order chi connectivity index (χ1) is 11.7. The van der Waals surface area contributed by atoms with Crippen molar-refractivity contribution in [3.05, 3.63) is 69.8 Å². The van der Waals surface area contributed by atoms with Crippen LogP contribution < -0.4 is 4.90 Å². The van der Waals surface area contributed by atoms with Crippen LogP contribution in [0.15, 0.2) is 58.5 Å². The molecule has 4 aromatic rings. The van der Waals surface area contributed by atoms with Crippen LogP contribution in [0.3, 0.4) is 0 Å².